The van der Waals surface area contributed by atoms with Gasteiger partial charge in [-0.05, 0) is 36.1 Å². The summed E-state index contributed by atoms with van der Waals surface area (Å²) in [6.45, 7) is 4.69. The van der Waals surface area contributed by atoms with Crippen LogP contribution in [0.2, 0.25) is 0 Å². The monoisotopic (exact) mass is 239 g/mol. The first-order valence-electron chi connectivity index (χ1n) is 5.92. The van der Waals surface area contributed by atoms with Crippen molar-refractivity contribution in [2.75, 3.05) is 12.4 Å². The highest BCUT2D eigenvalue weighted by Gasteiger charge is 2.01. The van der Waals surface area contributed by atoms with Gasteiger partial charge in [0.15, 0.2) is 0 Å². The fourth-order valence-corrected chi connectivity index (χ4v) is 2.35. The smallest absolute Gasteiger partial charge is 0.0431 e. The Morgan fingerprint density at radius 2 is 2.06 bits per heavy atom. The van der Waals surface area contributed by atoms with Crippen molar-refractivity contribution < 1.29 is 5.11 Å². The number of aliphatic hydroxyl groups is 1. The maximum absolute atomic E-state index is 8.66. The molecule has 0 radical (unpaired) electrons. The summed E-state index contributed by atoms with van der Waals surface area (Å²) < 4.78 is 0. The summed E-state index contributed by atoms with van der Waals surface area (Å²) >= 11 is 1.86. The molecule has 1 heterocycles. The molecule has 0 aliphatic heterocycles. The average molecular weight is 239 g/mol. The lowest BCUT2D eigenvalue weighted by Gasteiger charge is -2.06. The number of aromatic nitrogens is 1. The van der Waals surface area contributed by atoms with Crippen LogP contribution in [0.15, 0.2) is 23.4 Å². The molecule has 0 aliphatic carbocycles. The number of aliphatic hydroxyl groups excluding tert-OH is 1. The van der Waals surface area contributed by atoms with E-state index in [0.29, 0.717) is 12.5 Å². The molecule has 0 atom stereocenters. The Morgan fingerprint density at radius 3 is 2.75 bits per heavy atom. The van der Waals surface area contributed by atoms with Gasteiger partial charge in [0.1, 0.15) is 0 Å². The lowest BCUT2D eigenvalue weighted by molar-refractivity contribution is 0.284. The fraction of sp³-hybridized carbons (Fsp3) is 0.615. The zero-order valence-corrected chi connectivity index (χ0v) is 11.0. The van der Waals surface area contributed by atoms with E-state index in [-0.39, 0.29) is 0 Å². The van der Waals surface area contributed by atoms with Gasteiger partial charge in [0.2, 0.25) is 0 Å². The second-order valence-electron chi connectivity index (χ2n) is 4.24. The van der Waals surface area contributed by atoms with Crippen molar-refractivity contribution >= 4 is 11.8 Å². The van der Waals surface area contributed by atoms with Gasteiger partial charge in [-0.2, -0.15) is 0 Å². The van der Waals surface area contributed by atoms with Crippen LogP contribution < -0.4 is 0 Å². The van der Waals surface area contributed by atoms with Crippen LogP contribution in [0.4, 0.5) is 0 Å². The van der Waals surface area contributed by atoms with Crippen LogP contribution in [0.3, 0.4) is 0 Å². The number of rotatable bonds is 7. The zero-order chi connectivity index (χ0) is 11.8. The summed E-state index contributed by atoms with van der Waals surface area (Å²) in [5, 5.41) is 8.66. The molecule has 16 heavy (non-hydrogen) atoms. The third-order valence-electron chi connectivity index (χ3n) is 2.47. The van der Waals surface area contributed by atoms with E-state index in [1.807, 2.05) is 24.2 Å². The lowest BCUT2D eigenvalue weighted by atomic mass is 10.1. The van der Waals surface area contributed by atoms with Gasteiger partial charge in [-0.25, -0.2) is 0 Å². The van der Waals surface area contributed by atoms with Crippen LogP contribution in [0.25, 0.3) is 0 Å². The highest BCUT2D eigenvalue weighted by molar-refractivity contribution is 7.99. The molecule has 0 spiro atoms. The standard InChI is InChI=1S/C13H21NOS/c1-11(2)12-8-13(10-14-9-12)16-7-5-3-4-6-15/h8-11,15H,3-7H2,1-2H3. The first-order valence-corrected chi connectivity index (χ1v) is 6.91. The van der Waals surface area contributed by atoms with Gasteiger partial charge >= 0.3 is 0 Å². The summed E-state index contributed by atoms with van der Waals surface area (Å²) in [6.07, 6.45) is 7.08. The van der Waals surface area contributed by atoms with Crippen LogP contribution in [0.1, 0.15) is 44.6 Å². The van der Waals surface area contributed by atoms with E-state index in [9.17, 15) is 0 Å². The minimum Gasteiger partial charge on any atom is -0.396 e. The van der Waals surface area contributed by atoms with Crippen LogP contribution >= 0.6 is 11.8 Å². The molecular weight excluding hydrogens is 218 g/mol. The number of thioether (sulfide) groups is 1. The van der Waals surface area contributed by atoms with E-state index in [2.05, 4.69) is 24.9 Å². The van der Waals surface area contributed by atoms with E-state index in [1.165, 1.54) is 10.5 Å². The van der Waals surface area contributed by atoms with Crippen molar-refractivity contribution in [3.05, 3.63) is 24.0 Å². The predicted octanol–water partition coefficient (Wildman–Crippen LogP) is 3.46. The van der Waals surface area contributed by atoms with Crippen molar-refractivity contribution in [1.29, 1.82) is 0 Å². The van der Waals surface area contributed by atoms with Crippen LogP contribution in [-0.2, 0) is 0 Å². The number of pyridine rings is 1. The van der Waals surface area contributed by atoms with Gasteiger partial charge in [-0.15, -0.1) is 11.8 Å². The van der Waals surface area contributed by atoms with Crippen LogP contribution in [0, 0.1) is 0 Å². The van der Waals surface area contributed by atoms with Crippen molar-refractivity contribution in [1.82, 2.24) is 4.98 Å². The highest BCUT2D eigenvalue weighted by Crippen LogP contribution is 2.22. The predicted molar refractivity (Wildman–Crippen MR) is 70.0 cm³/mol. The zero-order valence-electron chi connectivity index (χ0n) is 10.1. The van der Waals surface area contributed by atoms with Gasteiger partial charge in [0.05, 0.1) is 0 Å². The molecule has 0 aromatic carbocycles. The lowest BCUT2D eigenvalue weighted by Crippen LogP contribution is -1.90. The van der Waals surface area contributed by atoms with Crippen molar-refractivity contribution in [2.24, 2.45) is 0 Å². The van der Waals surface area contributed by atoms with Crippen molar-refractivity contribution in [2.45, 2.75) is 43.9 Å². The van der Waals surface area contributed by atoms with Crippen LogP contribution in [0.5, 0.6) is 0 Å². The molecule has 0 unspecified atom stereocenters. The van der Waals surface area contributed by atoms with Gasteiger partial charge in [-0.3, -0.25) is 4.98 Å². The van der Waals surface area contributed by atoms with Gasteiger partial charge in [0, 0.05) is 23.9 Å². The van der Waals surface area contributed by atoms with E-state index in [0.717, 1.165) is 25.0 Å². The Morgan fingerprint density at radius 1 is 1.25 bits per heavy atom. The average Bonchev–Trinajstić information content (AvgIpc) is 2.29. The molecule has 3 heteroatoms. The summed E-state index contributed by atoms with van der Waals surface area (Å²) in [5.74, 6) is 1.66. The normalized spacial score (nSPS) is 11.0. The molecule has 0 saturated heterocycles. The second-order valence-corrected chi connectivity index (χ2v) is 5.41. The first-order chi connectivity index (χ1) is 7.74. The molecule has 1 aromatic heterocycles. The Labute approximate surface area is 102 Å². The van der Waals surface area contributed by atoms with Crippen LogP contribution in [-0.4, -0.2) is 22.5 Å². The molecule has 1 rings (SSSR count). The topological polar surface area (TPSA) is 33.1 Å². The fourth-order valence-electron chi connectivity index (χ4n) is 1.41. The molecule has 1 aromatic rings. The number of unbranched alkanes of at least 4 members (excludes halogenated alkanes) is 2. The van der Waals surface area contributed by atoms with Gasteiger partial charge < -0.3 is 5.11 Å². The molecule has 0 saturated carbocycles. The third-order valence-corrected chi connectivity index (χ3v) is 3.52. The summed E-state index contributed by atoms with van der Waals surface area (Å²) in [4.78, 5) is 5.52. The largest absolute Gasteiger partial charge is 0.396 e. The molecule has 0 amide bonds. The molecule has 1 N–H and O–H groups in total. The number of nitrogens with zero attached hydrogens (tertiary/aromatic N) is 1. The summed E-state index contributed by atoms with van der Waals surface area (Å²) in [7, 11) is 0. The number of hydrogen-bond donors (Lipinski definition) is 1. The SMILES string of the molecule is CC(C)c1cncc(SCCCCCO)c1. The Bertz CT molecular complexity index is 302. The summed E-state index contributed by atoms with van der Waals surface area (Å²) in [6, 6.07) is 2.23. The first kappa shape index (κ1) is 13.5. The van der Waals surface area contributed by atoms with E-state index >= 15 is 0 Å². The second kappa shape index (κ2) is 7.69. The van der Waals surface area contributed by atoms with Crippen molar-refractivity contribution in [3.63, 3.8) is 0 Å². The minimum absolute atomic E-state index is 0.315. The maximum Gasteiger partial charge on any atom is 0.0431 e. The Kier molecular flexibility index (Phi) is 6.50. The minimum atomic E-state index is 0.315. The van der Waals surface area contributed by atoms with E-state index in [1.54, 1.807) is 0 Å². The Balaban J connectivity index is 2.33. The molecule has 0 bridgehead atoms. The molecule has 2 nitrogen and oxygen atoms in total. The highest BCUT2D eigenvalue weighted by atomic mass is 32.2. The van der Waals surface area contributed by atoms with Crippen molar-refractivity contribution in [3.8, 4) is 0 Å². The molecule has 0 fully saturated rings. The van der Waals surface area contributed by atoms with E-state index < -0.39 is 0 Å². The molecular formula is C13H21NOS. The van der Waals surface area contributed by atoms with Gasteiger partial charge in [-0.1, -0.05) is 20.3 Å². The third kappa shape index (κ3) is 4.99. The van der Waals surface area contributed by atoms with Gasteiger partial charge in [0.25, 0.3) is 0 Å². The number of hydrogen-bond acceptors (Lipinski definition) is 3. The maximum atomic E-state index is 8.66. The summed E-state index contributed by atoms with van der Waals surface area (Å²) in [5.41, 5.74) is 1.31. The Hall–Kier alpha value is -0.540. The molecule has 0 aliphatic rings. The molecule has 90 valence electrons. The van der Waals surface area contributed by atoms with E-state index in [4.69, 9.17) is 5.11 Å². The quantitative estimate of drug-likeness (QED) is 0.584.